The number of aromatic nitrogens is 3. The number of nitrogens with one attached hydrogen (secondary N) is 2. The third kappa shape index (κ3) is 3.14. The molecule has 1 fully saturated rings. The number of carbonyl (C=O) groups excluding carboxylic acids is 1. The van der Waals surface area contributed by atoms with Crippen LogP contribution in [0.4, 0.5) is 8.78 Å². The number of aromatic amines is 1. The van der Waals surface area contributed by atoms with Gasteiger partial charge in [-0.1, -0.05) is 30.8 Å². The van der Waals surface area contributed by atoms with Crippen LogP contribution in [0.1, 0.15) is 28.8 Å². The van der Waals surface area contributed by atoms with Gasteiger partial charge in [-0.2, -0.15) is 8.78 Å². The minimum atomic E-state index is -3.13. The number of halogens is 2. The summed E-state index contributed by atoms with van der Waals surface area (Å²) in [5.74, 6) is -3.44. The van der Waals surface area contributed by atoms with E-state index >= 15 is 0 Å². The molecule has 0 unspecified atom stereocenters. The second-order valence-electron chi connectivity index (χ2n) is 6.48. The lowest BCUT2D eigenvalue weighted by atomic mass is 10.0. The Morgan fingerprint density at radius 1 is 1.33 bits per heavy atom. The minimum Gasteiger partial charge on any atom is -0.349 e. The minimum absolute atomic E-state index is 0.168. The summed E-state index contributed by atoms with van der Waals surface area (Å²) in [6.45, 7) is 3.13. The Hall–Kier alpha value is -3.29. The van der Waals surface area contributed by atoms with E-state index in [1.165, 1.54) is 41.0 Å². The van der Waals surface area contributed by atoms with Gasteiger partial charge in [0.15, 0.2) is 5.65 Å². The molecule has 0 spiro atoms. The molecule has 1 saturated carbocycles. The number of amides is 1. The first-order valence-corrected chi connectivity index (χ1v) is 8.43. The topological polar surface area (TPSA) is 79.3 Å². The van der Waals surface area contributed by atoms with Gasteiger partial charge >= 0.3 is 0 Å². The summed E-state index contributed by atoms with van der Waals surface area (Å²) >= 11 is 0. The SMILES string of the molecule is C=CC(F)(F)c1ccc(-c2cc(=O)n3[nH]cc(C(=O)NC4CC4)c3n2)cc1. The zero-order valence-corrected chi connectivity index (χ0v) is 14.2. The molecule has 1 aromatic carbocycles. The van der Waals surface area contributed by atoms with Crippen molar-refractivity contribution in [2.45, 2.75) is 24.8 Å². The monoisotopic (exact) mass is 370 g/mol. The number of nitrogens with zero attached hydrogens (tertiary/aromatic N) is 2. The summed E-state index contributed by atoms with van der Waals surface area (Å²) in [6, 6.07) is 6.90. The average Bonchev–Trinajstić information content (AvgIpc) is 3.36. The summed E-state index contributed by atoms with van der Waals surface area (Å²) in [6.07, 6.45) is 3.88. The Kier molecular flexibility index (Phi) is 3.91. The lowest BCUT2D eigenvalue weighted by Gasteiger charge is -2.12. The number of H-pyrrole nitrogens is 1. The van der Waals surface area contributed by atoms with Crippen LogP contribution in [0, 0.1) is 0 Å². The molecule has 6 nitrogen and oxygen atoms in total. The number of benzene rings is 1. The van der Waals surface area contributed by atoms with Crippen LogP contribution < -0.4 is 10.9 Å². The van der Waals surface area contributed by atoms with Crippen LogP contribution in [-0.4, -0.2) is 26.5 Å². The fraction of sp³-hybridized carbons (Fsp3) is 0.211. The van der Waals surface area contributed by atoms with E-state index in [2.05, 4.69) is 22.0 Å². The van der Waals surface area contributed by atoms with Crippen LogP contribution >= 0.6 is 0 Å². The molecule has 0 atom stereocenters. The Labute approximate surface area is 152 Å². The Balaban J connectivity index is 1.75. The Morgan fingerprint density at radius 2 is 2.04 bits per heavy atom. The molecule has 1 amide bonds. The first-order chi connectivity index (χ1) is 12.9. The molecule has 2 heterocycles. The molecule has 0 aliphatic heterocycles. The van der Waals surface area contributed by atoms with Gasteiger partial charge in [-0.3, -0.25) is 14.7 Å². The van der Waals surface area contributed by atoms with Gasteiger partial charge < -0.3 is 5.32 Å². The van der Waals surface area contributed by atoms with Gasteiger partial charge in [0.05, 0.1) is 5.69 Å². The second-order valence-corrected chi connectivity index (χ2v) is 6.48. The Bertz CT molecular complexity index is 1100. The van der Waals surface area contributed by atoms with Gasteiger partial charge in [-0.25, -0.2) is 9.50 Å². The van der Waals surface area contributed by atoms with Gasteiger partial charge in [-0.05, 0) is 18.9 Å². The fourth-order valence-electron chi connectivity index (χ4n) is 2.77. The van der Waals surface area contributed by atoms with Crippen LogP contribution in [0.15, 0.2) is 54.0 Å². The van der Waals surface area contributed by atoms with E-state index in [0.29, 0.717) is 17.3 Å². The maximum Gasteiger partial charge on any atom is 0.291 e. The van der Waals surface area contributed by atoms with E-state index in [1.54, 1.807) is 0 Å². The zero-order chi connectivity index (χ0) is 19.2. The first kappa shape index (κ1) is 17.1. The highest BCUT2D eigenvalue weighted by molar-refractivity contribution is 6.00. The molecule has 8 heteroatoms. The maximum absolute atomic E-state index is 13.7. The molecule has 2 aromatic heterocycles. The van der Waals surface area contributed by atoms with Crippen LogP contribution in [0.3, 0.4) is 0 Å². The molecule has 1 aliphatic rings. The second kappa shape index (κ2) is 6.15. The van der Waals surface area contributed by atoms with Gasteiger partial charge in [0, 0.05) is 29.4 Å². The van der Waals surface area contributed by atoms with Gasteiger partial charge in [-0.15, -0.1) is 0 Å². The van der Waals surface area contributed by atoms with Gasteiger partial charge in [0.1, 0.15) is 5.56 Å². The van der Waals surface area contributed by atoms with Crippen molar-refractivity contribution in [2.75, 3.05) is 0 Å². The smallest absolute Gasteiger partial charge is 0.291 e. The summed E-state index contributed by atoms with van der Waals surface area (Å²) in [5, 5.41) is 5.57. The number of hydrogen-bond donors (Lipinski definition) is 2. The molecule has 0 bridgehead atoms. The lowest BCUT2D eigenvalue weighted by Crippen LogP contribution is -2.25. The van der Waals surface area contributed by atoms with Crippen LogP contribution in [0.5, 0.6) is 0 Å². The van der Waals surface area contributed by atoms with Crippen molar-refractivity contribution in [2.24, 2.45) is 0 Å². The standard InChI is InChI=1S/C19H16F2N4O2/c1-2-19(20,21)12-5-3-11(4-6-12)15-9-16(26)25-17(24-15)14(10-22-25)18(27)23-13-7-8-13/h2-6,9-10,13,22H,1,7-8H2,(H,23,27). The van der Waals surface area contributed by atoms with E-state index in [4.69, 9.17) is 0 Å². The third-order valence-corrected chi connectivity index (χ3v) is 4.48. The van der Waals surface area contributed by atoms with E-state index in [9.17, 15) is 18.4 Å². The molecule has 1 aliphatic carbocycles. The molecule has 0 radical (unpaired) electrons. The van der Waals surface area contributed by atoms with Gasteiger partial charge in [0.25, 0.3) is 17.4 Å². The third-order valence-electron chi connectivity index (χ3n) is 4.48. The highest BCUT2D eigenvalue weighted by Crippen LogP contribution is 2.30. The number of carbonyl (C=O) groups is 1. The van der Waals surface area contributed by atoms with E-state index < -0.39 is 11.5 Å². The summed E-state index contributed by atoms with van der Waals surface area (Å²) in [5.41, 5.74) is 0.638. The molecular weight excluding hydrogens is 354 g/mol. The largest absolute Gasteiger partial charge is 0.349 e. The molecule has 2 N–H and O–H groups in total. The van der Waals surface area contributed by atoms with Crippen LogP contribution in [-0.2, 0) is 5.92 Å². The average molecular weight is 370 g/mol. The lowest BCUT2D eigenvalue weighted by molar-refractivity contribution is 0.0525. The number of hydrogen-bond acceptors (Lipinski definition) is 3. The zero-order valence-electron chi connectivity index (χ0n) is 14.2. The number of fused-ring (bicyclic) bond motifs is 1. The summed E-state index contributed by atoms with van der Waals surface area (Å²) in [7, 11) is 0. The van der Waals surface area contributed by atoms with Crippen molar-refractivity contribution in [3.05, 3.63) is 70.7 Å². The maximum atomic E-state index is 13.7. The van der Waals surface area contributed by atoms with Crippen molar-refractivity contribution in [3.8, 4) is 11.3 Å². The highest BCUT2D eigenvalue weighted by atomic mass is 19.3. The van der Waals surface area contributed by atoms with Crippen molar-refractivity contribution in [3.63, 3.8) is 0 Å². The Morgan fingerprint density at radius 3 is 2.67 bits per heavy atom. The van der Waals surface area contributed by atoms with Crippen LogP contribution in [0.2, 0.25) is 0 Å². The van der Waals surface area contributed by atoms with E-state index in [-0.39, 0.29) is 28.7 Å². The highest BCUT2D eigenvalue weighted by Gasteiger charge is 2.27. The predicted molar refractivity (Wildman–Crippen MR) is 95.8 cm³/mol. The van der Waals surface area contributed by atoms with Crippen LogP contribution in [0.25, 0.3) is 16.9 Å². The van der Waals surface area contributed by atoms with Crippen molar-refractivity contribution < 1.29 is 13.6 Å². The first-order valence-electron chi connectivity index (χ1n) is 8.43. The fourth-order valence-corrected chi connectivity index (χ4v) is 2.77. The molecular formula is C19H16F2N4O2. The predicted octanol–water partition coefficient (Wildman–Crippen LogP) is 2.86. The van der Waals surface area contributed by atoms with Crippen molar-refractivity contribution in [1.82, 2.24) is 19.9 Å². The number of alkyl halides is 2. The molecule has 0 saturated heterocycles. The molecule has 3 aromatic rings. The normalized spacial score (nSPS) is 14.3. The van der Waals surface area contributed by atoms with E-state index in [0.717, 1.165) is 12.8 Å². The number of allylic oxidation sites excluding steroid dienone is 1. The van der Waals surface area contributed by atoms with Crippen molar-refractivity contribution in [1.29, 1.82) is 0 Å². The van der Waals surface area contributed by atoms with Crippen molar-refractivity contribution >= 4 is 11.6 Å². The quantitative estimate of drug-likeness (QED) is 0.678. The van der Waals surface area contributed by atoms with E-state index in [1.807, 2.05) is 0 Å². The summed E-state index contributed by atoms with van der Waals surface area (Å²) < 4.78 is 28.5. The van der Waals surface area contributed by atoms with Gasteiger partial charge in [0.2, 0.25) is 0 Å². The number of rotatable bonds is 5. The molecule has 4 rings (SSSR count). The molecule has 27 heavy (non-hydrogen) atoms. The summed E-state index contributed by atoms with van der Waals surface area (Å²) in [4.78, 5) is 29.1. The molecule has 138 valence electrons.